The van der Waals surface area contributed by atoms with Crippen LogP contribution in [0.15, 0.2) is 27.3 Å². The summed E-state index contributed by atoms with van der Waals surface area (Å²) in [5.74, 6) is 1.44. The molecule has 0 aliphatic heterocycles. The lowest BCUT2D eigenvalue weighted by Crippen LogP contribution is -2.39. The first-order valence-electron chi connectivity index (χ1n) is 7.08. The van der Waals surface area contributed by atoms with Gasteiger partial charge in [0.15, 0.2) is 5.65 Å². The molecule has 2 rings (SSSR count). The van der Waals surface area contributed by atoms with Crippen molar-refractivity contribution in [3.8, 4) is 0 Å². The van der Waals surface area contributed by atoms with E-state index in [1.165, 1.54) is 18.8 Å². The van der Waals surface area contributed by atoms with E-state index in [2.05, 4.69) is 16.5 Å². The Balaban J connectivity index is 2.90. The minimum Gasteiger partial charge on any atom is -0.277 e. The van der Waals surface area contributed by atoms with Crippen molar-refractivity contribution in [2.45, 2.75) is 32.3 Å². The van der Waals surface area contributed by atoms with Crippen LogP contribution in [0.2, 0.25) is 0 Å². The standard InChI is InChI=1S/C15H20N4O2S/c1-6-7-22-13-11-12(16-10(4)17-13)19(8-9(2)3)15(21)18(5)14(11)20/h6,9H,1,7-8H2,2-5H3. The predicted octanol–water partition coefficient (Wildman–Crippen LogP) is 1.73. The van der Waals surface area contributed by atoms with Crippen molar-refractivity contribution in [2.24, 2.45) is 13.0 Å². The van der Waals surface area contributed by atoms with Crippen molar-refractivity contribution in [1.82, 2.24) is 19.1 Å². The summed E-state index contributed by atoms with van der Waals surface area (Å²) in [6.07, 6.45) is 1.75. The van der Waals surface area contributed by atoms with Gasteiger partial charge in [-0.05, 0) is 12.8 Å². The molecular formula is C15H20N4O2S. The number of hydrogen-bond donors (Lipinski definition) is 0. The molecule has 0 atom stereocenters. The van der Waals surface area contributed by atoms with Crippen LogP contribution in [0.4, 0.5) is 0 Å². The summed E-state index contributed by atoms with van der Waals surface area (Å²) in [7, 11) is 1.49. The number of fused-ring (bicyclic) bond motifs is 1. The zero-order valence-corrected chi connectivity index (χ0v) is 14.1. The number of hydrogen-bond acceptors (Lipinski definition) is 5. The molecule has 6 nitrogen and oxygen atoms in total. The fraction of sp³-hybridized carbons (Fsp3) is 0.467. The highest BCUT2D eigenvalue weighted by atomic mass is 32.2. The van der Waals surface area contributed by atoms with Crippen LogP contribution in [-0.4, -0.2) is 24.9 Å². The minimum absolute atomic E-state index is 0.262. The van der Waals surface area contributed by atoms with Gasteiger partial charge in [0, 0.05) is 19.3 Å². The lowest BCUT2D eigenvalue weighted by molar-refractivity contribution is 0.498. The molecule has 0 aliphatic carbocycles. The van der Waals surface area contributed by atoms with Crippen molar-refractivity contribution in [2.75, 3.05) is 5.75 Å². The molecule has 118 valence electrons. The van der Waals surface area contributed by atoms with E-state index >= 15 is 0 Å². The smallest absolute Gasteiger partial charge is 0.277 e. The fourth-order valence-corrected chi connectivity index (χ4v) is 3.01. The van der Waals surface area contributed by atoms with Gasteiger partial charge in [-0.1, -0.05) is 19.9 Å². The van der Waals surface area contributed by atoms with Crippen LogP contribution in [-0.2, 0) is 13.6 Å². The SMILES string of the molecule is C=CCSc1nc(C)nc2c1c(=O)n(C)c(=O)n2CC(C)C. The van der Waals surface area contributed by atoms with Crippen molar-refractivity contribution < 1.29 is 0 Å². The third-order valence-electron chi connectivity index (χ3n) is 3.15. The number of rotatable bonds is 5. The van der Waals surface area contributed by atoms with E-state index in [-0.39, 0.29) is 17.2 Å². The molecule has 0 amide bonds. The molecule has 0 fully saturated rings. The van der Waals surface area contributed by atoms with Crippen LogP contribution in [0.25, 0.3) is 11.0 Å². The molecule has 0 unspecified atom stereocenters. The molecule has 0 radical (unpaired) electrons. The van der Waals surface area contributed by atoms with Crippen LogP contribution < -0.4 is 11.2 Å². The van der Waals surface area contributed by atoms with Crippen molar-refractivity contribution >= 4 is 22.8 Å². The van der Waals surface area contributed by atoms with E-state index in [0.717, 1.165) is 4.57 Å². The second-order valence-electron chi connectivity index (χ2n) is 5.53. The molecule has 2 aromatic rings. The Hall–Kier alpha value is -1.89. The summed E-state index contributed by atoms with van der Waals surface area (Å²) in [4.78, 5) is 33.7. The summed E-state index contributed by atoms with van der Waals surface area (Å²) in [5, 5.41) is 1.00. The first-order chi connectivity index (χ1) is 10.4. The zero-order valence-electron chi connectivity index (χ0n) is 13.3. The largest absolute Gasteiger partial charge is 0.332 e. The Kier molecular flexibility index (Phi) is 4.85. The van der Waals surface area contributed by atoms with Gasteiger partial charge in [0.05, 0.1) is 0 Å². The Bertz CT molecular complexity index is 836. The maximum atomic E-state index is 12.5. The van der Waals surface area contributed by atoms with Crippen molar-refractivity contribution in [3.05, 3.63) is 39.3 Å². The summed E-state index contributed by atoms with van der Waals surface area (Å²) in [5.41, 5.74) is -0.281. The first kappa shape index (κ1) is 16.5. The third-order valence-corrected chi connectivity index (χ3v) is 4.12. The minimum atomic E-state index is -0.355. The molecular weight excluding hydrogens is 300 g/mol. The summed E-state index contributed by atoms with van der Waals surface area (Å²) in [6.45, 7) is 9.99. The average Bonchev–Trinajstić information content (AvgIpc) is 2.46. The van der Waals surface area contributed by atoms with Gasteiger partial charge in [-0.3, -0.25) is 13.9 Å². The molecule has 0 spiro atoms. The quantitative estimate of drug-likeness (QED) is 0.477. The maximum absolute atomic E-state index is 12.5. The highest BCUT2D eigenvalue weighted by Crippen LogP contribution is 2.22. The second kappa shape index (κ2) is 6.48. The van der Waals surface area contributed by atoms with Gasteiger partial charge in [-0.25, -0.2) is 14.8 Å². The molecule has 7 heteroatoms. The molecule has 2 aromatic heterocycles. The van der Waals surface area contributed by atoms with E-state index in [4.69, 9.17) is 0 Å². The topological polar surface area (TPSA) is 69.8 Å². The van der Waals surface area contributed by atoms with Crippen LogP contribution >= 0.6 is 11.8 Å². The van der Waals surface area contributed by atoms with E-state index in [1.54, 1.807) is 17.6 Å². The average molecular weight is 320 g/mol. The molecule has 0 saturated carbocycles. The molecule has 0 bridgehead atoms. The number of nitrogens with zero attached hydrogens (tertiary/aromatic N) is 4. The van der Waals surface area contributed by atoms with E-state index in [1.807, 2.05) is 13.8 Å². The molecule has 0 saturated heterocycles. The lowest BCUT2D eigenvalue weighted by atomic mass is 10.2. The first-order valence-corrected chi connectivity index (χ1v) is 8.07. The van der Waals surface area contributed by atoms with E-state index in [0.29, 0.717) is 34.2 Å². The lowest BCUT2D eigenvalue weighted by Gasteiger charge is -2.14. The van der Waals surface area contributed by atoms with E-state index < -0.39 is 0 Å². The Morgan fingerprint density at radius 2 is 2.00 bits per heavy atom. The Morgan fingerprint density at radius 3 is 2.59 bits per heavy atom. The zero-order chi connectivity index (χ0) is 16.4. The fourth-order valence-electron chi connectivity index (χ4n) is 2.21. The summed E-state index contributed by atoms with van der Waals surface area (Å²) < 4.78 is 2.69. The number of aryl methyl sites for hydroxylation is 1. The normalized spacial score (nSPS) is 11.3. The van der Waals surface area contributed by atoms with Gasteiger partial charge in [0.1, 0.15) is 16.2 Å². The van der Waals surface area contributed by atoms with Crippen LogP contribution in [0.3, 0.4) is 0 Å². The monoisotopic (exact) mass is 320 g/mol. The van der Waals surface area contributed by atoms with Crippen LogP contribution in [0.5, 0.6) is 0 Å². The van der Waals surface area contributed by atoms with Gasteiger partial charge >= 0.3 is 5.69 Å². The predicted molar refractivity (Wildman–Crippen MR) is 89.5 cm³/mol. The van der Waals surface area contributed by atoms with Crippen LogP contribution in [0, 0.1) is 12.8 Å². The summed E-state index contributed by atoms with van der Waals surface area (Å²) in [6, 6.07) is 0. The number of aromatic nitrogens is 4. The Morgan fingerprint density at radius 1 is 1.32 bits per heavy atom. The van der Waals surface area contributed by atoms with Crippen molar-refractivity contribution in [1.29, 1.82) is 0 Å². The molecule has 22 heavy (non-hydrogen) atoms. The second-order valence-corrected chi connectivity index (χ2v) is 6.53. The van der Waals surface area contributed by atoms with Gasteiger partial charge < -0.3 is 0 Å². The Labute approximate surface area is 132 Å². The molecule has 2 heterocycles. The third kappa shape index (κ3) is 2.99. The highest BCUT2D eigenvalue weighted by molar-refractivity contribution is 7.99. The molecule has 0 aromatic carbocycles. The van der Waals surface area contributed by atoms with Gasteiger partial charge in [0.25, 0.3) is 5.56 Å². The molecule has 0 N–H and O–H groups in total. The maximum Gasteiger partial charge on any atom is 0.332 e. The van der Waals surface area contributed by atoms with E-state index in [9.17, 15) is 9.59 Å². The molecule has 0 aliphatic rings. The van der Waals surface area contributed by atoms with Gasteiger partial charge in [-0.2, -0.15) is 0 Å². The van der Waals surface area contributed by atoms with Gasteiger partial charge in [-0.15, -0.1) is 18.3 Å². The van der Waals surface area contributed by atoms with Crippen molar-refractivity contribution in [3.63, 3.8) is 0 Å². The van der Waals surface area contributed by atoms with Crippen LogP contribution in [0.1, 0.15) is 19.7 Å². The highest BCUT2D eigenvalue weighted by Gasteiger charge is 2.18. The summed E-state index contributed by atoms with van der Waals surface area (Å²) >= 11 is 1.42. The number of thioether (sulfide) groups is 1. The van der Waals surface area contributed by atoms with Gasteiger partial charge in [0.2, 0.25) is 0 Å².